The third-order valence-electron chi connectivity index (χ3n) is 4.32. The quantitative estimate of drug-likeness (QED) is 0.921. The fraction of sp³-hybridized carbons (Fsp3) is 0.786. The summed E-state index contributed by atoms with van der Waals surface area (Å²) in [6.07, 6.45) is 0.187. The van der Waals surface area contributed by atoms with Gasteiger partial charge in [0.1, 0.15) is 0 Å². The van der Waals surface area contributed by atoms with Gasteiger partial charge in [0.15, 0.2) is 0 Å². The van der Waals surface area contributed by atoms with Crippen molar-refractivity contribution >= 4 is 0 Å². The zero-order valence-corrected chi connectivity index (χ0v) is 11.6. The predicted molar refractivity (Wildman–Crippen MR) is 69.3 cm³/mol. The average Bonchev–Trinajstić information content (AvgIpc) is 3.13. The Morgan fingerprint density at radius 1 is 1.40 bits per heavy atom. The van der Waals surface area contributed by atoms with Crippen molar-refractivity contribution in [1.82, 2.24) is 14.9 Å². The fourth-order valence-corrected chi connectivity index (χ4v) is 3.12. The highest BCUT2D eigenvalue weighted by Crippen LogP contribution is 2.41. The molecule has 2 aliphatic rings. The van der Waals surface area contributed by atoms with Crippen LogP contribution in [-0.2, 0) is 19.1 Å². The maximum Gasteiger partial charge on any atom is 0.449 e. The van der Waals surface area contributed by atoms with E-state index in [0.717, 1.165) is 37.9 Å². The number of nitrogens with zero attached hydrogens (tertiary/aromatic N) is 2. The van der Waals surface area contributed by atoms with Crippen molar-refractivity contribution in [3.8, 4) is 0 Å². The SMILES string of the molecule is CCC(CC1CC1)n1c(C(F)(F)F)nc2c1CCNC2. The second-order valence-corrected chi connectivity index (χ2v) is 5.86. The number of hydrogen-bond donors (Lipinski definition) is 1. The van der Waals surface area contributed by atoms with Gasteiger partial charge in [0, 0.05) is 31.2 Å². The lowest BCUT2D eigenvalue weighted by Gasteiger charge is -2.24. The highest BCUT2D eigenvalue weighted by molar-refractivity contribution is 5.23. The van der Waals surface area contributed by atoms with Crippen LogP contribution in [0.1, 0.15) is 55.9 Å². The summed E-state index contributed by atoms with van der Waals surface area (Å²) in [4.78, 5) is 3.89. The normalized spacial score (nSPS) is 20.8. The van der Waals surface area contributed by atoms with Crippen LogP contribution in [0, 0.1) is 5.92 Å². The topological polar surface area (TPSA) is 29.9 Å². The van der Waals surface area contributed by atoms with Crippen molar-refractivity contribution in [2.24, 2.45) is 5.92 Å². The van der Waals surface area contributed by atoms with Gasteiger partial charge >= 0.3 is 6.18 Å². The second kappa shape index (κ2) is 5.06. The van der Waals surface area contributed by atoms with E-state index < -0.39 is 12.0 Å². The summed E-state index contributed by atoms with van der Waals surface area (Å²) in [5.74, 6) is -0.0838. The molecule has 0 saturated heterocycles. The molecule has 2 heterocycles. The summed E-state index contributed by atoms with van der Waals surface area (Å²) in [5.41, 5.74) is 1.38. The van der Waals surface area contributed by atoms with Gasteiger partial charge in [0.25, 0.3) is 0 Å². The zero-order chi connectivity index (χ0) is 14.3. The molecule has 20 heavy (non-hydrogen) atoms. The number of fused-ring (bicyclic) bond motifs is 1. The summed E-state index contributed by atoms with van der Waals surface area (Å²) >= 11 is 0. The first-order valence-corrected chi connectivity index (χ1v) is 7.38. The van der Waals surface area contributed by atoms with Crippen LogP contribution in [0.2, 0.25) is 0 Å². The van der Waals surface area contributed by atoms with E-state index in [1.54, 1.807) is 0 Å². The molecule has 3 nitrogen and oxygen atoms in total. The summed E-state index contributed by atoms with van der Waals surface area (Å²) in [6, 6.07) is -0.0616. The Bertz CT molecular complexity index is 489. The van der Waals surface area contributed by atoms with E-state index in [9.17, 15) is 13.2 Å². The Morgan fingerprint density at radius 2 is 2.15 bits per heavy atom. The maximum atomic E-state index is 13.3. The molecular formula is C14H20F3N3. The van der Waals surface area contributed by atoms with Crippen LogP contribution in [-0.4, -0.2) is 16.1 Å². The van der Waals surface area contributed by atoms with Gasteiger partial charge in [-0.05, 0) is 18.8 Å². The third-order valence-corrected chi connectivity index (χ3v) is 4.32. The van der Waals surface area contributed by atoms with Crippen LogP contribution in [0.3, 0.4) is 0 Å². The lowest BCUT2D eigenvalue weighted by Crippen LogP contribution is -2.27. The van der Waals surface area contributed by atoms with Gasteiger partial charge < -0.3 is 9.88 Å². The minimum absolute atomic E-state index is 0.0616. The first kappa shape index (κ1) is 13.9. The lowest BCUT2D eigenvalue weighted by molar-refractivity contribution is -0.148. The molecule has 1 unspecified atom stereocenters. The van der Waals surface area contributed by atoms with E-state index in [2.05, 4.69) is 10.3 Å². The molecule has 1 N–H and O–H groups in total. The smallest absolute Gasteiger partial charge is 0.321 e. The number of imidazole rings is 1. The number of rotatable bonds is 4. The van der Waals surface area contributed by atoms with Crippen LogP contribution in [0.15, 0.2) is 0 Å². The summed E-state index contributed by atoms with van der Waals surface area (Å²) < 4.78 is 41.4. The first-order valence-electron chi connectivity index (χ1n) is 7.38. The number of halogens is 3. The molecule has 1 aromatic rings. The van der Waals surface area contributed by atoms with Crippen LogP contribution in [0.4, 0.5) is 13.2 Å². The first-order chi connectivity index (χ1) is 9.50. The third kappa shape index (κ3) is 2.57. The molecule has 0 radical (unpaired) electrons. The van der Waals surface area contributed by atoms with E-state index in [1.807, 2.05) is 6.92 Å². The number of aromatic nitrogens is 2. The standard InChI is InChI=1S/C14H20F3N3/c1-2-10(7-9-3-4-9)20-12-5-6-18-8-11(12)19-13(20)14(15,16)17/h9-10,18H,2-8H2,1H3. The van der Waals surface area contributed by atoms with Crippen molar-refractivity contribution in [2.75, 3.05) is 6.54 Å². The number of nitrogens with one attached hydrogen (secondary N) is 1. The molecule has 0 aromatic carbocycles. The average molecular weight is 287 g/mol. The van der Waals surface area contributed by atoms with Crippen LogP contribution in [0.5, 0.6) is 0 Å². The molecular weight excluding hydrogens is 267 g/mol. The van der Waals surface area contributed by atoms with Crippen LogP contribution < -0.4 is 5.32 Å². The second-order valence-electron chi connectivity index (χ2n) is 5.86. The number of hydrogen-bond acceptors (Lipinski definition) is 2. The monoisotopic (exact) mass is 287 g/mol. The van der Waals surface area contributed by atoms with E-state index in [1.165, 1.54) is 4.57 Å². The summed E-state index contributed by atoms with van der Waals surface area (Å²) in [7, 11) is 0. The molecule has 1 aliphatic heterocycles. The molecule has 1 aliphatic carbocycles. The van der Waals surface area contributed by atoms with Gasteiger partial charge in [0.2, 0.25) is 5.82 Å². The van der Waals surface area contributed by atoms with E-state index in [0.29, 0.717) is 24.6 Å². The van der Waals surface area contributed by atoms with Crippen LogP contribution >= 0.6 is 0 Å². The van der Waals surface area contributed by atoms with Crippen molar-refractivity contribution in [3.63, 3.8) is 0 Å². The fourth-order valence-electron chi connectivity index (χ4n) is 3.12. The van der Waals surface area contributed by atoms with Gasteiger partial charge in [-0.25, -0.2) is 4.98 Å². The lowest BCUT2D eigenvalue weighted by atomic mass is 10.1. The summed E-state index contributed by atoms with van der Waals surface area (Å²) in [5, 5.41) is 3.10. The Morgan fingerprint density at radius 3 is 2.75 bits per heavy atom. The van der Waals surface area contributed by atoms with E-state index in [-0.39, 0.29) is 6.04 Å². The molecule has 1 atom stereocenters. The molecule has 1 fully saturated rings. The van der Waals surface area contributed by atoms with Crippen molar-refractivity contribution in [3.05, 3.63) is 17.2 Å². The Balaban J connectivity index is 2.02. The summed E-state index contributed by atoms with van der Waals surface area (Å²) in [6.45, 7) is 3.15. The molecule has 3 rings (SSSR count). The van der Waals surface area contributed by atoms with Crippen molar-refractivity contribution < 1.29 is 13.2 Å². The Kier molecular flexibility index (Phi) is 3.52. The zero-order valence-electron chi connectivity index (χ0n) is 11.6. The van der Waals surface area contributed by atoms with Gasteiger partial charge in [-0.3, -0.25) is 0 Å². The minimum atomic E-state index is -4.37. The van der Waals surface area contributed by atoms with E-state index in [4.69, 9.17) is 0 Å². The maximum absolute atomic E-state index is 13.3. The Hall–Kier alpha value is -1.04. The highest BCUT2D eigenvalue weighted by atomic mass is 19.4. The number of alkyl halides is 3. The van der Waals surface area contributed by atoms with Crippen molar-refractivity contribution in [2.45, 2.75) is 57.8 Å². The van der Waals surface area contributed by atoms with Gasteiger partial charge in [-0.1, -0.05) is 19.8 Å². The predicted octanol–water partition coefficient (Wildman–Crippen LogP) is 3.30. The molecule has 0 amide bonds. The largest absolute Gasteiger partial charge is 0.449 e. The molecule has 6 heteroatoms. The molecule has 0 spiro atoms. The highest BCUT2D eigenvalue weighted by Gasteiger charge is 2.41. The molecule has 1 aromatic heterocycles. The van der Waals surface area contributed by atoms with Gasteiger partial charge in [0.05, 0.1) is 5.69 Å². The van der Waals surface area contributed by atoms with Crippen LogP contribution in [0.25, 0.3) is 0 Å². The molecule has 112 valence electrons. The Labute approximate surface area is 116 Å². The van der Waals surface area contributed by atoms with Gasteiger partial charge in [-0.2, -0.15) is 13.2 Å². The van der Waals surface area contributed by atoms with Gasteiger partial charge in [-0.15, -0.1) is 0 Å². The molecule has 0 bridgehead atoms. The molecule has 1 saturated carbocycles. The van der Waals surface area contributed by atoms with E-state index >= 15 is 0 Å². The minimum Gasteiger partial charge on any atom is -0.321 e. The van der Waals surface area contributed by atoms with Crippen molar-refractivity contribution in [1.29, 1.82) is 0 Å².